The Morgan fingerprint density at radius 3 is 2.52 bits per heavy atom. The van der Waals surface area contributed by atoms with Crippen LogP contribution in [0.5, 0.6) is 0 Å². The fourth-order valence-electron chi connectivity index (χ4n) is 3.37. The van der Waals surface area contributed by atoms with Gasteiger partial charge in [-0.15, -0.1) is 0 Å². The SMILES string of the molecule is C[C@H](CNC(=O)N1CCC2(CC1)OCCO2)N(C)Cc1ccccc1. The molecule has 138 valence electrons. The van der Waals surface area contributed by atoms with E-state index in [0.717, 1.165) is 19.4 Å². The number of carbonyl (C=O) groups is 1. The Kier molecular flexibility index (Phi) is 5.93. The first kappa shape index (κ1) is 18.2. The van der Waals surface area contributed by atoms with Gasteiger partial charge in [-0.1, -0.05) is 30.3 Å². The molecule has 1 atom stereocenters. The third-order valence-corrected chi connectivity index (χ3v) is 5.20. The molecule has 2 heterocycles. The van der Waals surface area contributed by atoms with Crippen LogP contribution >= 0.6 is 0 Å². The van der Waals surface area contributed by atoms with E-state index in [-0.39, 0.29) is 12.1 Å². The predicted octanol–water partition coefficient (Wildman–Crippen LogP) is 2.06. The molecule has 0 saturated carbocycles. The standard InChI is InChI=1S/C19H29N3O3/c1-16(21(2)15-17-6-4-3-5-7-17)14-20-18(23)22-10-8-19(9-11-22)24-12-13-25-19/h3-7,16H,8-15H2,1-2H3,(H,20,23)/t16-/m1/s1. The van der Waals surface area contributed by atoms with Crippen LogP contribution in [0.2, 0.25) is 0 Å². The molecule has 2 saturated heterocycles. The molecule has 6 heteroatoms. The summed E-state index contributed by atoms with van der Waals surface area (Å²) in [7, 11) is 2.09. The highest BCUT2D eigenvalue weighted by Crippen LogP contribution is 2.31. The predicted molar refractivity (Wildman–Crippen MR) is 96.2 cm³/mol. The van der Waals surface area contributed by atoms with E-state index >= 15 is 0 Å². The Morgan fingerprint density at radius 2 is 1.88 bits per heavy atom. The van der Waals surface area contributed by atoms with Crippen molar-refractivity contribution >= 4 is 6.03 Å². The van der Waals surface area contributed by atoms with Crippen molar-refractivity contribution < 1.29 is 14.3 Å². The molecule has 1 spiro atoms. The van der Waals surface area contributed by atoms with Gasteiger partial charge in [0.15, 0.2) is 5.79 Å². The Morgan fingerprint density at radius 1 is 1.24 bits per heavy atom. The maximum atomic E-state index is 12.4. The van der Waals surface area contributed by atoms with Crippen molar-refractivity contribution in [3.05, 3.63) is 35.9 Å². The van der Waals surface area contributed by atoms with Crippen molar-refractivity contribution in [2.45, 2.75) is 38.1 Å². The zero-order valence-corrected chi connectivity index (χ0v) is 15.2. The second kappa shape index (κ2) is 8.17. The maximum Gasteiger partial charge on any atom is 0.317 e. The number of hydrogen-bond donors (Lipinski definition) is 1. The van der Waals surface area contributed by atoms with E-state index in [9.17, 15) is 4.79 Å². The molecule has 1 N–H and O–H groups in total. The minimum Gasteiger partial charge on any atom is -0.347 e. The number of rotatable bonds is 5. The quantitative estimate of drug-likeness (QED) is 0.886. The number of carbonyl (C=O) groups excluding carboxylic acids is 1. The molecule has 0 bridgehead atoms. The number of ether oxygens (including phenoxy) is 2. The topological polar surface area (TPSA) is 54.0 Å². The number of piperidine rings is 1. The van der Waals surface area contributed by atoms with Gasteiger partial charge in [0.05, 0.1) is 13.2 Å². The van der Waals surface area contributed by atoms with E-state index in [2.05, 4.69) is 48.5 Å². The summed E-state index contributed by atoms with van der Waals surface area (Å²) in [5.74, 6) is -0.431. The smallest absolute Gasteiger partial charge is 0.317 e. The van der Waals surface area contributed by atoms with Crippen molar-refractivity contribution in [1.29, 1.82) is 0 Å². The molecule has 2 aliphatic heterocycles. The normalized spacial score (nSPS) is 20.8. The van der Waals surface area contributed by atoms with Gasteiger partial charge >= 0.3 is 6.03 Å². The Hall–Kier alpha value is -1.63. The third kappa shape index (κ3) is 4.71. The summed E-state index contributed by atoms with van der Waals surface area (Å²) in [5, 5.41) is 3.06. The molecule has 6 nitrogen and oxygen atoms in total. The molecule has 0 aliphatic carbocycles. The summed E-state index contributed by atoms with van der Waals surface area (Å²) in [6.45, 7) is 6.33. The summed E-state index contributed by atoms with van der Waals surface area (Å²) in [6, 6.07) is 10.6. The number of nitrogens with one attached hydrogen (secondary N) is 1. The summed E-state index contributed by atoms with van der Waals surface area (Å²) in [5.41, 5.74) is 1.28. The number of nitrogens with zero attached hydrogens (tertiary/aromatic N) is 2. The zero-order valence-electron chi connectivity index (χ0n) is 15.2. The summed E-state index contributed by atoms with van der Waals surface area (Å²) in [4.78, 5) is 16.5. The van der Waals surface area contributed by atoms with Gasteiger partial charge in [-0.3, -0.25) is 4.90 Å². The molecular formula is C19H29N3O3. The highest BCUT2D eigenvalue weighted by Gasteiger charge is 2.40. The summed E-state index contributed by atoms with van der Waals surface area (Å²) in [6.07, 6.45) is 1.51. The van der Waals surface area contributed by atoms with Gasteiger partial charge in [-0.2, -0.15) is 0 Å². The van der Waals surface area contributed by atoms with Crippen LogP contribution in [0.25, 0.3) is 0 Å². The monoisotopic (exact) mass is 347 g/mol. The first-order valence-electron chi connectivity index (χ1n) is 9.13. The van der Waals surface area contributed by atoms with Gasteiger partial charge in [0.25, 0.3) is 0 Å². The van der Waals surface area contributed by atoms with Gasteiger partial charge < -0.3 is 19.7 Å². The Bertz CT molecular complexity index is 550. The van der Waals surface area contributed by atoms with Crippen LogP contribution < -0.4 is 5.32 Å². The maximum absolute atomic E-state index is 12.4. The Labute approximate surface area is 150 Å². The van der Waals surface area contributed by atoms with Crippen molar-refractivity contribution in [2.24, 2.45) is 0 Å². The van der Waals surface area contributed by atoms with Crippen LogP contribution in [0.4, 0.5) is 4.79 Å². The minimum atomic E-state index is -0.431. The van der Waals surface area contributed by atoms with Crippen LogP contribution in [0.15, 0.2) is 30.3 Å². The van der Waals surface area contributed by atoms with Crippen molar-refractivity contribution in [3.8, 4) is 0 Å². The first-order chi connectivity index (χ1) is 12.1. The zero-order chi connectivity index (χ0) is 17.7. The van der Waals surface area contributed by atoms with Crippen molar-refractivity contribution in [1.82, 2.24) is 15.1 Å². The highest BCUT2D eigenvalue weighted by molar-refractivity contribution is 5.74. The molecule has 0 radical (unpaired) electrons. The van der Waals surface area contributed by atoms with Gasteiger partial charge in [-0.05, 0) is 19.5 Å². The molecule has 2 amide bonds. The van der Waals surface area contributed by atoms with E-state index < -0.39 is 5.79 Å². The summed E-state index contributed by atoms with van der Waals surface area (Å²) < 4.78 is 11.4. The van der Waals surface area contributed by atoms with Crippen LogP contribution in [-0.2, 0) is 16.0 Å². The fourth-order valence-corrected chi connectivity index (χ4v) is 3.37. The van der Waals surface area contributed by atoms with Gasteiger partial charge in [-0.25, -0.2) is 4.79 Å². The number of urea groups is 1. The van der Waals surface area contributed by atoms with Gasteiger partial charge in [0, 0.05) is 45.1 Å². The molecule has 0 aromatic heterocycles. The van der Waals surface area contributed by atoms with E-state index in [1.165, 1.54) is 5.56 Å². The fraction of sp³-hybridized carbons (Fsp3) is 0.632. The number of benzene rings is 1. The van der Waals surface area contributed by atoms with Gasteiger partial charge in [0.1, 0.15) is 0 Å². The second-order valence-corrected chi connectivity index (χ2v) is 7.03. The largest absolute Gasteiger partial charge is 0.347 e. The van der Waals surface area contributed by atoms with E-state index in [1.54, 1.807) is 0 Å². The molecule has 25 heavy (non-hydrogen) atoms. The lowest BCUT2D eigenvalue weighted by molar-refractivity contribution is -0.181. The second-order valence-electron chi connectivity index (χ2n) is 7.03. The van der Waals surface area contributed by atoms with E-state index in [0.29, 0.717) is 32.8 Å². The highest BCUT2D eigenvalue weighted by atomic mass is 16.7. The van der Waals surface area contributed by atoms with Crippen molar-refractivity contribution in [2.75, 3.05) is 39.9 Å². The molecule has 2 fully saturated rings. The molecule has 0 unspecified atom stereocenters. The third-order valence-electron chi connectivity index (χ3n) is 5.20. The van der Waals surface area contributed by atoms with Crippen LogP contribution in [0, 0.1) is 0 Å². The number of amides is 2. The lowest BCUT2D eigenvalue weighted by atomic mass is 10.0. The van der Waals surface area contributed by atoms with Crippen LogP contribution in [-0.4, -0.2) is 67.6 Å². The average Bonchev–Trinajstić information content (AvgIpc) is 3.09. The lowest BCUT2D eigenvalue weighted by Gasteiger charge is -2.37. The molecule has 3 rings (SSSR count). The van der Waals surface area contributed by atoms with E-state index in [4.69, 9.17) is 9.47 Å². The first-order valence-corrected chi connectivity index (χ1v) is 9.13. The van der Waals surface area contributed by atoms with Crippen LogP contribution in [0.3, 0.4) is 0 Å². The number of likely N-dealkylation sites (tertiary alicyclic amines) is 1. The van der Waals surface area contributed by atoms with Gasteiger partial charge in [0.2, 0.25) is 0 Å². The average molecular weight is 347 g/mol. The molecule has 2 aliphatic rings. The van der Waals surface area contributed by atoms with Crippen LogP contribution in [0.1, 0.15) is 25.3 Å². The van der Waals surface area contributed by atoms with E-state index in [1.807, 2.05) is 11.0 Å². The molecular weight excluding hydrogens is 318 g/mol. The summed E-state index contributed by atoms with van der Waals surface area (Å²) >= 11 is 0. The van der Waals surface area contributed by atoms with Crippen molar-refractivity contribution in [3.63, 3.8) is 0 Å². The lowest BCUT2D eigenvalue weighted by Crippen LogP contribution is -2.52. The minimum absolute atomic E-state index is 0.00723. The number of hydrogen-bond acceptors (Lipinski definition) is 4. The molecule has 1 aromatic rings. The number of likely N-dealkylation sites (N-methyl/N-ethyl adjacent to an activating group) is 1. The molecule has 1 aromatic carbocycles. The Balaban J connectivity index is 1.39.